The molecule has 1 heterocycles. The Labute approximate surface area is 98.7 Å². The molecule has 78 valence electrons. The summed E-state index contributed by atoms with van der Waals surface area (Å²) in [4.78, 5) is 4.46. The number of aryl methyl sites for hydroxylation is 2. The summed E-state index contributed by atoms with van der Waals surface area (Å²) in [6, 6.07) is 6.41. The molecular weight excluding hydrogens is 226 g/mol. The van der Waals surface area contributed by atoms with E-state index in [0.717, 1.165) is 10.7 Å². The Morgan fingerprint density at radius 3 is 2.67 bits per heavy atom. The maximum Gasteiger partial charge on any atom is 0.123 e. The van der Waals surface area contributed by atoms with Crippen LogP contribution in [0.15, 0.2) is 23.6 Å². The number of rotatable bonds is 2. The Hall–Kier alpha value is -0.860. The first kappa shape index (κ1) is 10.7. The molecule has 0 fully saturated rings. The second-order valence-electron chi connectivity index (χ2n) is 3.58. The number of alkyl halides is 1. The van der Waals surface area contributed by atoms with E-state index in [9.17, 15) is 0 Å². The lowest BCUT2D eigenvalue weighted by Crippen LogP contribution is -1.83. The summed E-state index contributed by atoms with van der Waals surface area (Å²) in [5.41, 5.74) is 4.75. The van der Waals surface area contributed by atoms with Crippen LogP contribution in [0.1, 0.15) is 16.8 Å². The van der Waals surface area contributed by atoms with E-state index < -0.39 is 0 Å². The summed E-state index contributed by atoms with van der Waals surface area (Å²) < 4.78 is 0. The molecule has 2 rings (SSSR count). The van der Waals surface area contributed by atoms with Gasteiger partial charge in [0.15, 0.2) is 0 Å². The lowest BCUT2D eigenvalue weighted by molar-refractivity contribution is 1.23. The van der Waals surface area contributed by atoms with Gasteiger partial charge < -0.3 is 0 Å². The summed E-state index contributed by atoms with van der Waals surface area (Å²) in [6.07, 6.45) is 0. The second-order valence-corrected chi connectivity index (χ2v) is 4.70. The number of benzene rings is 1. The van der Waals surface area contributed by atoms with E-state index in [4.69, 9.17) is 11.6 Å². The molecule has 1 aromatic heterocycles. The number of aromatic nitrogens is 1. The molecule has 0 spiro atoms. The maximum absolute atomic E-state index is 5.73. The Morgan fingerprint density at radius 2 is 2.07 bits per heavy atom. The van der Waals surface area contributed by atoms with E-state index in [1.807, 2.05) is 5.38 Å². The normalized spacial score (nSPS) is 10.6. The number of hydrogen-bond donors (Lipinski definition) is 0. The zero-order chi connectivity index (χ0) is 10.8. The minimum atomic E-state index is 0.487. The van der Waals surface area contributed by atoms with Crippen molar-refractivity contribution in [3.63, 3.8) is 0 Å². The van der Waals surface area contributed by atoms with Gasteiger partial charge in [-0.3, -0.25) is 0 Å². The van der Waals surface area contributed by atoms with Crippen molar-refractivity contribution in [1.29, 1.82) is 0 Å². The Kier molecular flexibility index (Phi) is 3.08. The SMILES string of the molecule is Cc1ccc(-c2nc(CCl)cs2)cc1C. The molecule has 0 radical (unpaired) electrons. The van der Waals surface area contributed by atoms with E-state index in [1.54, 1.807) is 11.3 Å². The van der Waals surface area contributed by atoms with E-state index in [-0.39, 0.29) is 0 Å². The van der Waals surface area contributed by atoms with Crippen molar-refractivity contribution in [2.75, 3.05) is 0 Å². The Morgan fingerprint density at radius 1 is 1.27 bits per heavy atom. The van der Waals surface area contributed by atoms with Gasteiger partial charge in [0, 0.05) is 10.9 Å². The summed E-state index contributed by atoms with van der Waals surface area (Å²) in [6.45, 7) is 4.24. The minimum absolute atomic E-state index is 0.487. The molecule has 2 aromatic rings. The first-order valence-corrected chi connectivity index (χ1v) is 6.20. The topological polar surface area (TPSA) is 12.9 Å². The molecule has 0 aliphatic rings. The van der Waals surface area contributed by atoms with Gasteiger partial charge in [0.05, 0.1) is 11.6 Å². The van der Waals surface area contributed by atoms with Crippen molar-refractivity contribution in [1.82, 2.24) is 4.98 Å². The predicted octanol–water partition coefficient (Wildman–Crippen LogP) is 4.17. The van der Waals surface area contributed by atoms with Crippen LogP contribution in [-0.4, -0.2) is 4.98 Å². The zero-order valence-electron chi connectivity index (χ0n) is 8.75. The van der Waals surface area contributed by atoms with E-state index in [0.29, 0.717) is 5.88 Å². The summed E-state index contributed by atoms with van der Waals surface area (Å²) in [5.74, 6) is 0.487. The smallest absolute Gasteiger partial charge is 0.123 e. The van der Waals surface area contributed by atoms with Crippen LogP contribution in [0.3, 0.4) is 0 Å². The fraction of sp³-hybridized carbons (Fsp3) is 0.250. The minimum Gasteiger partial charge on any atom is -0.240 e. The Bertz CT molecular complexity index is 476. The van der Waals surface area contributed by atoms with Crippen LogP contribution < -0.4 is 0 Å². The lowest BCUT2D eigenvalue weighted by Gasteiger charge is -2.01. The van der Waals surface area contributed by atoms with Gasteiger partial charge in [0.25, 0.3) is 0 Å². The molecule has 0 saturated heterocycles. The highest BCUT2D eigenvalue weighted by molar-refractivity contribution is 7.13. The molecule has 3 heteroatoms. The van der Waals surface area contributed by atoms with Crippen LogP contribution in [0.4, 0.5) is 0 Å². The largest absolute Gasteiger partial charge is 0.240 e. The van der Waals surface area contributed by atoms with Gasteiger partial charge in [0.1, 0.15) is 5.01 Å². The first-order valence-electron chi connectivity index (χ1n) is 4.78. The van der Waals surface area contributed by atoms with Gasteiger partial charge in [-0.15, -0.1) is 22.9 Å². The van der Waals surface area contributed by atoms with Crippen molar-refractivity contribution in [2.24, 2.45) is 0 Å². The fourth-order valence-electron chi connectivity index (χ4n) is 1.38. The predicted molar refractivity (Wildman–Crippen MR) is 66.6 cm³/mol. The number of nitrogens with zero attached hydrogens (tertiary/aromatic N) is 1. The number of thiazole rings is 1. The summed E-state index contributed by atoms with van der Waals surface area (Å²) in [5, 5.41) is 3.06. The van der Waals surface area contributed by atoms with Crippen molar-refractivity contribution < 1.29 is 0 Å². The van der Waals surface area contributed by atoms with Crippen LogP contribution in [-0.2, 0) is 5.88 Å². The molecule has 0 amide bonds. The average molecular weight is 238 g/mol. The van der Waals surface area contributed by atoms with Crippen LogP contribution in [0.5, 0.6) is 0 Å². The monoisotopic (exact) mass is 237 g/mol. The van der Waals surface area contributed by atoms with Gasteiger partial charge in [-0.1, -0.05) is 12.1 Å². The highest BCUT2D eigenvalue weighted by Crippen LogP contribution is 2.25. The molecule has 1 aromatic carbocycles. The summed E-state index contributed by atoms with van der Waals surface area (Å²) in [7, 11) is 0. The third-order valence-electron chi connectivity index (χ3n) is 2.44. The molecule has 0 saturated carbocycles. The van der Waals surface area contributed by atoms with Gasteiger partial charge in [0.2, 0.25) is 0 Å². The number of halogens is 1. The second kappa shape index (κ2) is 4.33. The van der Waals surface area contributed by atoms with Gasteiger partial charge >= 0.3 is 0 Å². The molecule has 0 atom stereocenters. The third-order valence-corrected chi connectivity index (χ3v) is 3.66. The van der Waals surface area contributed by atoms with Crippen molar-refractivity contribution in [2.45, 2.75) is 19.7 Å². The van der Waals surface area contributed by atoms with Crippen LogP contribution in [0.25, 0.3) is 10.6 Å². The van der Waals surface area contributed by atoms with Gasteiger partial charge in [-0.05, 0) is 31.0 Å². The highest BCUT2D eigenvalue weighted by atomic mass is 35.5. The quantitative estimate of drug-likeness (QED) is 0.715. The molecule has 0 unspecified atom stereocenters. The molecule has 0 N–H and O–H groups in total. The molecule has 15 heavy (non-hydrogen) atoms. The molecule has 0 aliphatic heterocycles. The average Bonchev–Trinajstić information content (AvgIpc) is 2.70. The molecule has 0 bridgehead atoms. The summed E-state index contributed by atoms with van der Waals surface area (Å²) >= 11 is 7.37. The third kappa shape index (κ3) is 2.21. The van der Waals surface area contributed by atoms with Crippen molar-refractivity contribution in [3.05, 3.63) is 40.4 Å². The zero-order valence-corrected chi connectivity index (χ0v) is 10.3. The van der Waals surface area contributed by atoms with E-state index in [2.05, 4.69) is 37.0 Å². The van der Waals surface area contributed by atoms with Crippen LogP contribution in [0, 0.1) is 13.8 Å². The van der Waals surface area contributed by atoms with Gasteiger partial charge in [-0.25, -0.2) is 4.98 Å². The molecule has 1 nitrogen and oxygen atoms in total. The maximum atomic E-state index is 5.73. The lowest BCUT2D eigenvalue weighted by atomic mass is 10.1. The Balaban J connectivity index is 2.40. The molecular formula is C12H12ClNS. The fourth-order valence-corrected chi connectivity index (χ4v) is 2.42. The highest BCUT2D eigenvalue weighted by Gasteiger charge is 2.04. The standard InChI is InChI=1S/C12H12ClNS/c1-8-3-4-10(5-9(8)2)12-14-11(6-13)7-15-12/h3-5,7H,6H2,1-2H3. The van der Waals surface area contributed by atoms with Gasteiger partial charge in [-0.2, -0.15) is 0 Å². The van der Waals surface area contributed by atoms with Crippen molar-refractivity contribution >= 4 is 22.9 Å². The van der Waals surface area contributed by atoms with Crippen LogP contribution in [0.2, 0.25) is 0 Å². The van der Waals surface area contributed by atoms with E-state index in [1.165, 1.54) is 16.7 Å². The van der Waals surface area contributed by atoms with Crippen LogP contribution >= 0.6 is 22.9 Å². The number of hydrogen-bond acceptors (Lipinski definition) is 2. The van der Waals surface area contributed by atoms with Crippen molar-refractivity contribution in [3.8, 4) is 10.6 Å². The molecule has 0 aliphatic carbocycles. The first-order chi connectivity index (χ1) is 7.20. The van der Waals surface area contributed by atoms with E-state index >= 15 is 0 Å².